The number of anilines is 2. The number of rotatable bonds is 3. The third-order valence-electron chi connectivity index (χ3n) is 11.2. The van der Waals surface area contributed by atoms with E-state index in [1.807, 2.05) is 11.6 Å². The Balaban J connectivity index is 1.24. The molecule has 4 aromatic rings. The number of nitrogens with two attached hydrogens (primary N) is 1. The minimum atomic E-state index is -0.928. The van der Waals surface area contributed by atoms with E-state index in [9.17, 15) is 10.4 Å². The molecule has 8 heterocycles. The highest BCUT2D eigenvalue weighted by Gasteiger charge is 2.51. The van der Waals surface area contributed by atoms with Crippen LogP contribution in [0.4, 0.5) is 10.8 Å². The van der Waals surface area contributed by atoms with Gasteiger partial charge in [-0.2, -0.15) is 5.26 Å². The number of fused-ring (bicyclic) bond motifs is 6. The van der Waals surface area contributed by atoms with E-state index >= 15 is 0 Å². The van der Waals surface area contributed by atoms with Crippen LogP contribution in [0, 0.1) is 11.3 Å². The van der Waals surface area contributed by atoms with E-state index < -0.39 is 11.2 Å². The standard InChI is InChI=1S/C33H39N9O4S/c1-17(21-6-5-12-40(21)3)42-30-23-29(41-16-32(2,43)11-8-18(41)15-44-31(23)38-42)36-28(37-30)25-19-9-13-45-33(26(19)46-39-25)10-4-7-22-24(33)20(14-34)27(35)47-22/h17-18,21,43H,4-13,15-16,35H2,1-3H3/t17-,18+,21-,32+,33+/m0/s1. The van der Waals surface area contributed by atoms with E-state index in [-0.39, 0.29) is 12.1 Å². The van der Waals surface area contributed by atoms with Crippen LogP contribution in [0.15, 0.2) is 4.52 Å². The van der Waals surface area contributed by atoms with Gasteiger partial charge in [0.25, 0.3) is 0 Å². The van der Waals surface area contributed by atoms with Crippen molar-refractivity contribution in [3.63, 3.8) is 0 Å². The Morgan fingerprint density at radius 1 is 1.19 bits per heavy atom. The summed E-state index contributed by atoms with van der Waals surface area (Å²) in [5.74, 6) is 2.30. The molecule has 0 amide bonds. The number of nitrogen functional groups attached to an aromatic ring is 1. The predicted molar refractivity (Wildman–Crippen MR) is 174 cm³/mol. The molecule has 9 rings (SSSR count). The van der Waals surface area contributed by atoms with Gasteiger partial charge in [0.05, 0.1) is 29.9 Å². The van der Waals surface area contributed by atoms with Gasteiger partial charge in [0.15, 0.2) is 28.5 Å². The maximum absolute atomic E-state index is 11.2. The lowest BCUT2D eigenvalue weighted by atomic mass is 9.76. The van der Waals surface area contributed by atoms with Gasteiger partial charge >= 0.3 is 0 Å². The summed E-state index contributed by atoms with van der Waals surface area (Å²) >= 11 is 1.47. The number of thiophene rings is 1. The van der Waals surface area contributed by atoms with Crippen molar-refractivity contribution in [1.82, 2.24) is 29.8 Å². The molecule has 2 fully saturated rings. The lowest BCUT2D eigenvalue weighted by Gasteiger charge is -2.42. The second-order valence-corrected chi connectivity index (χ2v) is 15.4. The van der Waals surface area contributed by atoms with Gasteiger partial charge < -0.3 is 34.6 Å². The topological polar surface area (TPSA) is 165 Å². The van der Waals surface area contributed by atoms with E-state index in [0.29, 0.717) is 90.3 Å². The molecule has 0 unspecified atom stereocenters. The summed E-state index contributed by atoms with van der Waals surface area (Å²) in [6, 6.07) is 2.72. The number of likely N-dealkylation sites (tertiary alicyclic amines) is 1. The van der Waals surface area contributed by atoms with Crippen LogP contribution in [-0.2, 0) is 23.2 Å². The number of hydrogen-bond acceptors (Lipinski definition) is 13. The minimum Gasteiger partial charge on any atom is -0.474 e. The molecule has 3 N–H and O–H groups in total. The molecular weight excluding hydrogens is 618 g/mol. The largest absolute Gasteiger partial charge is 0.474 e. The molecule has 4 aliphatic heterocycles. The molecule has 5 aliphatic rings. The number of hydrogen-bond donors (Lipinski definition) is 2. The van der Waals surface area contributed by atoms with Gasteiger partial charge in [-0.25, -0.2) is 14.6 Å². The summed E-state index contributed by atoms with van der Waals surface area (Å²) in [4.78, 5) is 16.1. The number of aromatic nitrogens is 5. The van der Waals surface area contributed by atoms with Gasteiger partial charge in [-0.3, -0.25) is 0 Å². The van der Waals surface area contributed by atoms with E-state index in [4.69, 9.17) is 34.8 Å². The van der Waals surface area contributed by atoms with Crippen LogP contribution in [-0.4, -0.2) is 85.9 Å². The maximum atomic E-state index is 11.2. The van der Waals surface area contributed by atoms with Gasteiger partial charge in [0, 0.05) is 35.0 Å². The second-order valence-electron chi connectivity index (χ2n) is 14.2. The first kappa shape index (κ1) is 29.4. The monoisotopic (exact) mass is 657 g/mol. The normalized spacial score (nSPS) is 29.2. The Morgan fingerprint density at radius 2 is 2.06 bits per heavy atom. The van der Waals surface area contributed by atoms with E-state index in [1.165, 1.54) is 11.3 Å². The molecule has 47 heavy (non-hydrogen) atoms. The third-order valence-corrected chi connectivity index (χ3v) is 12.3. The fourth-order valence-corrected chi connectivity index (χ4v) is 9.97. The molecule has 0 aromatic carbocycles. The highest BCUT2D eigenvalue weighted by atomic mass is 32.1. The number of likely N-dealkylation sites (N-methyl/N-ethyl adjacent to an activating group) is 1. The Kier molecular flexibility index (Phi) is 6.48. The van der Waals surface area contributed by atoms with Gasteiger partial charge in [-0.15, -0.1) is 16.4 Å². The maximum Gasteiger partial charge on any atom is 0.246 e. The van der Waals surface area contributed by atoms with E-state index in [0.717, 1.165) is 60.0 Å². The van der Waals surface area contributed by atoms with Crippen LogP contribution < -0.4 is 15.4 Å². The van der Waals surface area contributed by atoms with Crippen molar-refractivity contribution >= 4 is 33.2 Å². The molecule has 14 heteroatoms. The van der Waals surface area contributed by atoms with Crippen molar-refractivity contribution in [2.75, 3.05) is 44.0 Å². The first-order chi connectivity index (χ1) is 22.7. The van der Waals surface area contributed by atoms with Crippen molar-refractivity contribution in [2.45, 2.75) is 94.5 Å². The zero-order valence-corrected chi connectivity index (χ0v) is 27.8. The molecule has 0 bridgehead atoms. The van der Waals surface area contributed by atoms with Crippen molar-refractivity contribution < 1.29 is 19.1 Å². The van der Waals surface area contributed by atoms with E-state index in [1.54, 1.807) is 0 Å². The molecule has 0 radical (unpaired) electrons. The molecule has 2 saturated heterocycles. The zero-order valence-electron chi connectivity index (χ0n) is 27.0. The number of ether oxygens (including phenoxy) is 2. The SMILES string of the molecule is C[C@@H]([C@@H]1CCCN1C)n1nc2c3c(nc(-c4noc5c4CCO[C@@]54CCCc5sc(N)c(C#N)c54)nc31)N1C[C@](C)(O)CC[C@@H]1CO2. The lowest BCUT2D eigenvalue weighted by molar-refractivity contribution is -0.0580. The molecular formula is C33H39N9O4S. The Hall–Kier alpha value is -3.77. The predicted octanol–water partition coefficient (Wildman–Crippen LogP) is 3.92. The van der Waals surface area contributed by atoms with Crippen LogP contribution >= 0.6 is 11.3 Å². The molecule has 246 valence electrons. The van der Waals surface area contributed by atoms with Crippen LogP contribution in [0.2, 0.25) is 0 Å². The summed E-state index contributed by atoms with van der Waals surface area (Å²) in [5, 5.41) is 32.3. The van der Waals surface area contributed by atoms with Gasteiger partial charge in [0.1, 0.15) is 28.9 Å². The minimum absolute atomic E-state index is 0.0367. The first-order valence-corrected chi connectivity index (χ1v) is 17.6. The van der Waals surface area contributed by atoms with E-state index in [2.05, 4.69) is 35.0 Å². The molecule has 13 nitrogen and oxygen atoms in total. The molecule has 1 aliphatic carbocycles. The Labute approximate surface area is 276 Å². The van der Waals surface area contributed by atoms with Gasteiger partial charge in [-0.1, -0.05) is 5.16 Å². The second kappa shape index (κ2) is 10.4. The van der Waals surface area contributed by atoms with Crippen molar-refractivity contribution in [3.8, 4) is 23.5 Å². The van der Waals surface area contributed by atoms with Crippen molar-refractivity contribution in [2.24, 2.45) is 0 Å². The Morgan fingerprint density at radius 3 is 2.87 bits per heavy atom. The average Bonchev–Trinajstić information content (AvgIpc) is 3.82. The zero-order chi connectivity index (χ0) is 32.2. The number of aryl methyl sites for hydroxylation is 1. The molecule has 4 aromatic heterocycles. The number of piperidine rings is 1. The van der Waals surface area contributed by atoms with Crippen molar-refractivity contribution in [1.29, 1.82) is 5.26 Å². The number of aliphatic hydroxyl groups is 1. The summed E-state index contributed by atoms with van der Waals surface area (Å²) in [5.41, 5.74) is 7.99. The highest BCUT2D eigenvalue weighted by Crippen LogP contribution is 2.53. The average molecular weight is 658 g/mol. The fourth-order valence-electron chi connectivity index (χ4n) is 8.83. The fraction of sp³-hybridized carbons (Fsp3) is 0.606. The van der Waals surface area contributed by atoms with Gasteiger partial charge in [0.2, 0.25) is 5.88 Å². The summed E-state index contributed by atoms with van der Waals surface area (Å²) in [6.45, 7) is 6.45. The third kappa shape index (κ3) is 4.22. The lowest BCUT2D eigenvalue weighted by Crippen LogP contribution is -2.53. The van der Waals surface area contributed by atoms with Crippen LogP contribution in [0.1, 0.15) is 85.7 Å². The summed E-state index contributed by atoms with van der Waals surface area (Å²) < 4.78 is 21.2. The van der Waals surface area contributed by atoms with Crippen LogP contribution in [0.25, 0.3) is 22.6 Å². The first-order valence-electron chi connectivity index (χ1n) is 16.8. The highest BCUT2D eigenvalue weighted by molar-refractivity contribution is 7.16. The number of nitrogens with zero attached hydrogens (tertiary/aromatic N) is 8. The molecule has 0 saturated carbocycles. The van der Waals surface area contributed by atoms with Crippen molar-refractivity contribution in [3.05, 3.63) is 27.3 Å². The summed E-state index contributed by atoms with van der Waals surface area (Å²) in [7, 11) is 2.17. The molecule has 1 spiro atoms. The van der Waals surface area contributed by atoms with Gasteiger partial charge in [-0.05, 0) is 72.4 Å². The quantitative estimate of drug-likeness (QED) is 0.327. The van der Waals surface area contributed by atoms with Crippen LogP contribution in [0.5, 0.6) is 5.88 Å². The summed E-state index contributed by atoms with van der Waals surface area (Å²) in [6.07, 6.45) is 6.64. The molecule has 5 atom stereocenters. The van der Waals surface area contributed by atoms with Crippen LogP contribution in [0.3, 0.4) is 0 Å². The number of nitriles is 1. The smallest absolute Gasteiger partial charge is 0.246 e. The Bertz CT molecular complexity index is 1950.